The van der Waals surface area contributed by atoms with Gasteiger partial charge in [0.25, 0.3) is 5.56 Å². The molecule has 4 aliphatic rings. The van der Waals surface area contributed by atoms with Crippen molar-refractivity contribution in [3.05, 3.63) is 50.6 Å². The van der Waals surface area contributed by atoms with Crippen LogP contribution in [-0.2, 0) is 23.2 Å². The van der Waals surface area contributed by atoms with Crippen molar-refractivity contribution < 1.29 is 13.9 Å². The van der Waals surface area contributed by atoms with Crippen LogP contribution in [0, 0.1) is 5.82 Å². The molecular weight excluding hydrogens is 461 g/mol. The summed E-state index contributed by atoms with van der Waals surface area (Å²) in [6.45, 7) is 5.20. The number of hydrogen-bond donors (Lipinski definition) is 1. The van der Waals surface area contributed by atoms with Crippen molar-refractivity contribution in [1.82, 2.24) is 14.9 Å². The molecular formula is C27H34FN5O3. The number of nitrogens with one attached hydrogen (secondary N) is 1. The minimum absolute atomic E-state index is 0.0946. The summed E-state index contributed by atoms with van der Waals surface area (Å²) >= 11 is 0. The number of rotatable bonds is 5. The first kappa shape index (κ1) is 23.5. The van der Waals surface area contributed by atoms with E-state index in [2.05, 4.69) is 9.88 Å². The van der Waals surface area contributed by atoms with E-state index >= 15 is 4.39 Å². The largest absolute Gasteiger partial charge is 0.450 e. The Morgan fingerprint density at radius 1 is 1.08 bits per heavy atom. The Bertz CT molecular complexity index is 1230. The first-order valence-corrected chi connectivity index (χ1v) is 13.3. The number of aryl methyl sites for hydroxylation is 1. The lowest BCUT2D eigenvalue weighted by atomic mass is 9.82. The second kappa shape index (κ2) is 9.18. The second-order valence-corrected chi connectivity index (χ2v) is 10.7. The van der Waals surface area contributed by atoms with Crippen molar-refractivity contribution in [2.75, 3.05) is 56.1 Å². The number of hydrogen-bond acceptors (Lipinski definition) is 7. The van der Waals surface area contributed by atoms with Crippen LogP contribution in [0.1, 0.15) is 65.6 Å². The third-order valence-electron chi connectivity index (χ3n) is 8.39. The molecule has 1 aromatic heterocycles. The molecule has 2 fully saturated rings. The van der Waals surface area contributed by atoms with Gasteiger partial charge in [-0.05, 0) is 75.9 Å². The maximum Gasteiger partial charge on any atom is 0.339 e. The maximum absolute atomic E-state index is 15.5. The average Bonchev–Trinajstić information content (AvgIpc) is 3.47. The third kappa shape index (κ3) is 4.07. The maximum atomic E-state index is 15.5. The number of anilines is 2. The van der Waals surface area contributed by atoms with E-state index in [0.29, 0.717) is 43.0 Å². The monoisotopic (exact) mass is 495 g/mol. The number of ether oxygens (including phenoxy) is 1. The molecule has 5 heterocycles. The molecule has 0 atom stereocenters. The number of halogens is 1. The van der Waals surface area contributed by atoms with Crippen LogP contribution in [-0.4, -0.2) is 67.2 Å². The minimum atomic E-state index is -0.952. The van der Waals surface area contributed by atoms with Gasteiger partial charge in [0.15, 0.2) is 0 Å². The molecule has 0 bridgehead atoms. The van der Waals surface area contributed by atoms with Gasteiger partial charge in [-0.1, -0.05) is 0 Å². The Hall–Kier alpha value is -2.94. The SMILES string of the molecule is CN1CCCc2c1nc(N1CCC3(CC1)OC(=O)c1cc(CCCN4CCCC4)cc(F)c13)[nH]c2=O. The van der Waals surface area contributed by atoms with Gasteiger partial charge in [-0.25, -0.2) is 9.18 Å². The first-order valence-electron chi connectivity index (χ1n) is 13.3. The van der Waals surface area contributed by atoms with E-state index in [9.17, 15) is 9.59 Å². The third-order valence-corrected chi connectivity index (χ3v) is 8.39. The van der Waals surface area contributed by atoms with Gasteiger partial charge >= 0.3 is 5.97 Å². The second-order valence-electron chi connectivity index (χ2n) is 10.7. The topological polar surface area (TPSA) is 81.8 Å². The molecule has 4 aliphatic heterocycles. The highest BCUT2D eigenvalue weighted by Gasteiger charge is 2.49. The van der Waals surface area contributed by atoms with Crippen LogP contribution in [0.25, 0.3) is 0 Å². The summed E-state index contributed by atoms with van der Waals surface area (Å²) in [5.74, 6) is 0.493. The molecule has 2 aromatic rings. The smallest absolute Gasteiger partial charge is 0.339 e. The Labute approximate surface area is 210 Å². The van der Waals surface area contributed by atoms with Crippen molar-refractivity contribution in [1.29, 1.82) is 0 Å². The van der Waals surface area contributed by atoms with Crippen LogP contribution in [0.3, 0.4) is 0 Å². The number of aromatic nitrogens is 2. The van der Waals surface area contributed by atoms with E-state index in [1.807, 2.05) is 22.9 Å². The molecule has 6 rings (SSSR count). The number of carbonyl (C=O) groups excluding carboxylic acids is 1. The molecule has 8 nitrogen and oxygen atoms in total. The van der Waals surface area contributed by atoms with Gasteiger partial charge in [0.1, 0.15) is 17.2 Å². The number of piperidine rings is 1. The number of likely N-dealkylation sites (tertiary alicyclic amines) is 1. The lowest BCUT2D eigenvalue weighted by molar-refractivity contribution is -0.0225. The fourth-order valence-corrected chi connectivity index (χ4v) is 6.42. The van der Waals surface area contributed by atoms with E-state index in [1.54, 1.807) is 6.07 Å². The Kier molecular flexibility index (Phi) is 5.98. The van der Waals surface area contributed by atoms with Gasteiger partial charge in [-0.2, -0.15) is 4.98 Å². The van der Waals surface area contributed by atoms with Crippen LogP contribution in [0.5, 0.6) is 0 Å². The predicted octanol–water partition coefficient (Wildman–Crippen LogP) is 2.99. The normalized spacial score (nSPS) is 21.1. The van der Waals surface area contributed by atoms with Crippen molar-refractivity contribution in [2.45, 2.75) is 57.0 Å². The summed E-state index contributed by atoms with van der Waals surface area (Å²) in [6.07, 6.45) is 6.80. The molecule has 1 spiro atoms. The van der Waals surface area contributed by atoms with Crippen LogP contribution >= 0.6 is 0 Å². The van der Waals surface area contributed by atoms with Gasteiger partial charge in [-0.3, -0.25) is 9.78 Å². The van der Waals surface area contributed by atoms with E-state index in [1.165, 1.54) is 12.8 Å². The number of aromatic amines is 1. The number of nitrogens with zero attached hydrogens (tertiary/aromatic N) is 4. The van der Waals surface area contributed by atoms with E-state index in [0.717, 1.165) is 68.8 Å². The summed E-state index contributed by atoms with van der Waals surface area (Å²) in [6, 6.07) is 3.43. The van der Waals surface area contributed by atoms with Crippen LogP contribution in [0.2, 0.25) is 0 Å². The predicted molar refractivity (Wildman–Crippen MR) is 135 cm³/mol. The van der Waals surface area contributed by atoms with E-state index in [-0.39, 0.29) is 11.4 Å². The Morgan fingerprint density at radius 2 is 1.86 bits per heavy atom. The minimum Gasteiger partial charge on any atom is -0.450 e. The fraction of sp³-hybridized carbons (Fsp3) is 0.593. The van der Waals surface area contributed by atoms with Crippen molar-refractivity contribution in [3.63, 3.8) is 0 Å². The zero-order valence-corrected chi connectivity index (χ0v) is 20.9. The molecule has 1 N–H and O–H groups in total. The van der Waals surface area contributed by atoms with Gasteiger partial charge in [0, 0.05) is 45.1 Å². The Morgan fingerprint density at radius 3 is 2.64 bits per heavy atom. The molecule has 0 saturated carbocycles. The highest BCUT2D eigenvalue weighted by Crippen LogP contribution is 2.46. The van der Waals surface area contributed by atoms with Gasteiger partial charge in [0.05, 0.1) is 11.1 Å². The summed E-state index contributed by atoms with van der Waals surface area (Å²) in [4.78, 5) is 39.7. The van der Waals surface area contributed by atoms with Crippen molar-refractivity contribution in [3.8, 4) is 0 Å². The molecule has 0 amide bonds. The number of benzene rings is 1. The standard InChI is InChI=1S/C27H34FN5O3/c1-31-10-5-7-19-23(31)29-26(30-24(19)34)33-14-8-27(9-15-33)22-20(25(35)36-27)16-18(17-21(22)28)6-4-13-32-11-2-3-12-32/h16-17H,2-15H2,1H3,(H,29,30,34). The average molecular weight is 496 g/mol. The molecule has 1 aromatic carbocycles. The zero-order valence-electron chi connectivity index (χ0n) is 20.9. The fourth-order valence-electron chi connectivity index (χ4n) is 6.42. The molecule has 2 saturated heterocycles. The summed E-state index contributed by atoms with van der Waals surface area (Å²) in [5, 5.41) is 0. The van der Waals surface area contributed by atoms with Gasteiger partial charge < -0.3 is 19.4 Å². The van der Waals surface area contributed by atoms with Gasteiger partial charge in [0.2, 0.25) is 5.95 Å². The number of esters is 1. The van der Waals surface area contributed by atoms with Crippen LogP contribution in [0.15, 0.2) is 16.9 Å². The lowest BCUT2D eigenvalue weighted by Crippen LogP contribution is -2.44. The van der Waals surface area contributed by atoms with Crippen LogP contribution in [0.4, 0.5) is 16.2 Å². The summed E-state index contributed by atoms with van der Waals surface area (Å²) in [5.41, 5.74) is 1.33. The molecule has 9 heteroatoms. The molecule has 0 aliphatic carbocycles. The molecule has 0 radical (unpaired) electrons. The molecule has 36 heavy (non-hydrogen) atoms. The first-order chi connectivity index (χ1) is 17.4. The lowest BCUT2D eigenvalue weighted by Gasteiger charge is -2.39. The highest BCUT2D eigenvalue weighted by atomic mass is 19.1. The summed E-state index contributed by atoms with van der Waals surface area (Å²) < 4.78 is 21.3. The number of H-pyrrole nitrogens is 1. The zero-order chi connectivity index (χ0) is 24.9. The number of carbonyl (C=O) groups is 1. The van der Waals surface area contributed by atoms with Gasteiger partial charge in [-0.15, -0.1) is 0 Å². The van der Waals surface area contributed by atoms with Crippen LogP contribution < -0.4 is 15.4 Å². The molecule has 192 valence electrons. The van der Waals surface area contributed by atoms with Crippen molar-refractivity contribution in [2.24, 2.45) is 0 Å². The highest BCUT2D eigenvalue weighted by molar-refractivity contribution is 5.95. The van der Waals surface area contributed by atoms with E-state index < -0.39 is 11.6 Å². The Balaban J connectivity index is 1.18. The summed E-state index contributed by atoms with van der Waals surface area (Å²) in [7, 11) is 1.96. The van der Waals surface area contributed by atoms with E-state index in [4.69, 9.17) is 9.72 Å². The quantitative estimate of drug-likeness (QED) is 0.639. The molecule has 0 unspecified atom stereocenters. The number of fused-ring (bicyclic) bond motifs is 3. The van der Waals surface area contributed by atoms with Crippen molar-refractivity contribution >= 4 is 17.7 Å².